The molecule has 0 spiro atoms. The van der Waals surface area contributed by atoms with Crippen LogP contribution in [0.4, 0.5) is 8.78 Å². The molecule has 0 radical (unpaired) electrons. The first-order valence-electron chi connectivity index (χ1n) is 11.8. The highest BCUT2D eigenvalue weighted by Crippen LogP contribution is 2.39. The van der Waals surface area contributed by atoms with Gasteiger partial charge in [0, 0.05) is 6.20 Å². The summed E-state index contributed by atoms with van der Waals surface area (Å²) in [5.41, 5.74) is -2.93. The van der Waals surface area contributed by atoms with Crippen LogP contribution in [0.25, 0.3) is 0 Å². The number of aliphatic hydroxyl groups excluding tert-OH is 1. The highest BCUT2D eigenvalue weighted by molar-refractivity contribution is 9.09. The van der Waals surface area contributed by atoms with Gasteiger partial charge in [-0.2, -0.15) is 0 Å². The number of nitrogens with zero attached hydrogens (tertiary/aromatic N) is 1. The highest BCUT2D eigenvalue weighted by Gasteiger charge is 2.52. The van der Waals surface area contributed by atoms with Crippen molar-refractivity contribution >= 4 is 34.6 Å². The Morgan fingerprint density at radius 3 is 2.11 bits per heavy atom. The maximum Gasteiger partial charge on any atom is 0.330 e. The van der Waals surface area contributed by atoms with E-state index in [1.54, 1.807) is 0 Å². The zero-order chi connectivity index (χ0) is 27.0. The van der Waals surface area contributed by atoms with Crippen LogP contribution in [-0.4, -0.2) is 46.6 Å². The van der Waals surface area contributed by atoms with Crippen LogP contribution in [0.15, 0.2) is 76.4 Å². The number of aromatic amines is 1. The molecule has 198 valence electrons. The number of nitrogens with one attached hydrogen (secondary N) is 1. The van der Waals surface area contributed by atoms with Crippen LogP contribution < -0.4 is 21.6 Å². The lowest BCUT2D eigenvalue weighted by atomic mass is 10.2. The molecule has 4 atom stereocenters. The summed E-state index contributed by atoms with van der Waals surface area (Å²) in [6.45, 7) is 6.35. The summed E-state index contributed by atoms with van der Waals surface area (Å²) in [5, 5.41) is 12.8. The number of rotatable bonds is 7. The molecule has 2 heterocycles. The third-order valence-corrected chi connectivity index (χ3v) is 12.7. The largest absolute Gasteiger partial charge is 0.405 e. The van der Waals surface area contributed by atoms with Gasteiger partial charge in [-0.3, -0.25) is 14.3 Å². The molecule has 1 aromatic heterocycles. The zero-order valence-corrected chi connectivity index (χ0v) is 23.2. The third-order valence-electron chi connectivity index (χ3n) is 6.68. The topological polar surface area (TPSA) is 93.5 Å². The molecule has 1 saturated heterocycles. The first-order valence-corrected chi connectivity index (χ1v) is 14.7. The molecule has 1 aliphatic rings. The van der Waals surface area contributed by atoms with E-state index in [9.17, 15) is 23.5 Å². The Hall–Kier alpha value is -2.44. The average Bonchev–Trinajstić information content (AvgIpc) is 3.13. The predicted molar refractivity (Wildman–Crippen MR) is 142 cm³/mol. The van der Waals surface area contributed by atoms with E-state index in [4.69, 9.17) is 9.16 Å². The van der Waals surface area contributed by atoms with Crippen LogP contribution >= 0.6 is 15.9 Å². The molecule has 2 N–H and O–H groups in total. The van der Waals surface area contributed by atoms with Gasteiger partial charge in [0.1, 0.15) is 6.10 Å². The number of aliphatic hydroxyl groups is 1. The summed E-state index contributed by atoms with van der Waals surface area (Å²) in [6.07, 6.45) is -5.42. The second-order valence-electron chi connectivity index (χ2n) is 10.0. The zero-order valence-electron chi connectivity index (χ0n) is 20.6. The van der Waals surface area contributed by atoms with Gasteiger partial charge in [-0.25, -0.2) is 13.6 Å². The van der Waals surface area contributed by atoms with Crippen molar-refractivity contribution in [2.45, 2.75) is 55.5 Å². The number of H-pyrrole nitrogens is 1. The molecule has 3 aromatic rings. The van der Waals surface area contributed by atoms with Gasteiger partial charge in [0.25, 0.3) is 20.3 Å². The van der Waals surface area contributed by atoms with Gasteiger partial charge in [0.2, 0.25) is 0 Å². The fraction of sp³-hybridized carbons (Fsp3) is 0.385. The molecular formula is C26H29BrF2N2O5Si. The molecule has 0 unspecified atom stereocenters. The van der Waals surface area contributed by atoms with Gasteiger partial charge in [0.05, 0.1) is 23.1 Å². The van der Waals surface area contributed by atoms with Gasteiger partial charge in [-0.05, 0) is 15.4 Å². The van der Waals surface area contributed by atoms with Crippen LogP contribution in [0.3, 0.4) is 0 Å². The Bertz CT molecular complexity index is 1290. The van der Waals surface area contributed by atoms with Crippen molar-refractivity contribution in [1.29, 1.82) is 0 Å². The molecule has 4 rings (SSSR count). The van der Waals surface area contributed by atoms with Crippen molar-refractivity contribution in [3.05, 3.63) is 93.3 Å². The second kappa shape index (κ2) is 10.7. The van der Waals surface area contributed by atoms with Crippen molar-refractivity contribution < 1.29 is 23.1 Å². The smallest absolute Gasteiger partial charge is 0.330 e. The van der Waals surface area contributed by atoms with E-state index in [-0.39, 0.29) is 11.6 Å². The van der Waals surface area contributed by atoms with Gasteiger partial charge in [0.15, 0.2) is 6.23 Å². The van der Waals surface area contributed by atoms with Crippen LogP contribution in [0.5, 0.6) is 0 Å². The van der Waals surface area contributed by atoms with Crippen molar-refractivity contribution in [1.82, 2.24) is 9.55 Å². The maximum atomic E-state index is 13.3. The molecular weight excluding hydrogens is 566 g/mol. The number of ether oxygens (including phenoxy) is 1. The molecule has 1 aliphatic heterocycles. The molecule has 0 saturated carbocycles. The Balaban J connectivity index is 1.69. The first kappa shape index (κ1) is 27.6. The summed E-state index contributed by atoms with van der Waals surface area (Å²) in [6, 6.07) is 19.9. The standard InChI is InChI=1S/C26H29BrF2N2O5Si/c1-26(2,3)37(16-10-6-4-7-11-16,17-12-8-5-9-13-17)35-15-19-21(32)20(27)24(36-19)31-14-18(22(28)29)23(33)30-25(31)34/h4-14,19-22,24,32H,15H2,1-3H3,(H,30,33,34)/t19-,20-,21-,24-/m1/s1. The lowest BCUT2D eigenvalue weighted by Gasteiger charge is -2.43. The molecule has 11 heteroatoms. The van der Waals surface area contributed by atoms with E-state index in [0.717, 1.165) is 21.1 Å². The highest BCUT2D eigenvalue weighted by atomic mass is 79.9. The van der Waals surface area contributed by atoms with Crippen molar-refractivity contribution in [2.24, 2.45) is 0 Å². The minimum Gasteiger partial charge on any atom is -0.405 e. The number of hydrogen-bond donors (Lipinski definition) is 2. The van der Waals surface area contributed by atoms with Gasteiger partial charge < -0.3 is 14.3 Å². The van der Waals surface area contributed by atoms with Crippen molar-refractivity contribution in [3.63, 3.8) is 0 Å². The summed E-state index contributed by atoms with van der Waals surface area (Å²) < 4.78 is 40.3. The van der Waals surface area contributed by atoms with Gasteiger partial charge in [-0.15, -0.1) is 0 Å². The average molecular weight is 596 g/mol. The molecule has 0 bridgehead atoms. The Morgan fingerprint density at radius 2 is 1.62 bits per heavy atom. The monoisotopic (exact) mass is 594 g/mol. The number of hydrogen-bond acceptors (Lipinski definition) is 5. The normalized spacial score (nSPS) is 22.5. The minimum atomic E-state index is -3.08. The van der Waals surface area contributed by atoms with Gasteiger partial charge in [-0.1, -0.05) is 97.4 Å². The molecule has 1 fully saturated rings. The van der Waals surface area contributed by atoms with E-state index in [2.05, 4.69) is 36.7 Å². The fourth-order valence-corrected chi connectivity index (χ4v) is 10.2. The molecule has 2 aromatic carbocycles. The van der Waals surface area contributed by atoms with E-state index in [1.165, 1.54) is 0 Å². The van der Waals surface area contributed by atoms with Gasteiger partial charge >= 0.3 is 5.69 Å². The lowest BCUT2D eigenvalue weighted by Crippen LogP contribution is -2.67. The van der Waals surface area contributed by atoms with E-state index < -0.39 is 54.8 Å². The van der Waals surface area contributed by atoms with Crippen molar-refractivity contribution in [2.75, 3.05) is 6.61 Å². The van der Waals surface area contributed by atoms with E-state index >= 15 is 0 Å². The molecule has 0 aliphatic carbocycles. The minimum absolute atomic E-state index is 0.00709. The third kappa shape index (κ3) is 5.15. The Morgan fingerprint density at radius 1 is 1.08 bits per heavy atom. The SMILES string of the molecule is CC(C)(C)[Si](OC[C@H]1O[C@@H](n2cc(C(F)F)c(=O)[nH]c2=O)[C@H](Br)[C@@H]1O)(c1ccccc1)c1ccccc1. The number of alkyl halides is 3. The number of benzene rings is 2. The summed E-state index contributed by atoms with van der Waals surface area (Å²) in [5.74, 6) is 0. The Kier molecular flexibility index (Phi) is 8.01. The lowest BCUT2D eigenvalue weighted by molar-refractivity contribution is -0.0427. The molecule has 7 nitrogen and oxygen atoms in total. The summed E-state index contributed by atoms with van der Waals surface area (Å²) >= 11 is 3.35. The molecule has 0 amide bonds. The van der Waals surface area contributed by atoms with Crippen LogP contribution in [0.2, 0.25) is 5.04 Å². The molecule has 37 heavy (non-hydrogen) atoms. The van der Waals surface area contributed by atoms with Crippen molar-refractivity contribution in [3.8, 4) is 0 Å². The summed E-state index contributed by atoms with van der Waals surface area (Å²) in [7, 11) is -2.93. The first-order chi connectivity index (χ1) is 17.5. The Labute approximate surface area is 222 Å². The second-order valence-corrected chi connectivity index (χ2v) is 15.4. The number of halogens is 3. The fourth-order valence-electron chi connectivity index (χ4n) is 4.88. The van der Waals surface area contributed by atoms with E-state index in [0.29, 0.717) is 0 Å². The van der Waals surface area contributed by atoms with Crippen LogP contribution in [-0.2, 0) is 9.16 Å². The van der Waals surface area contributed by atoms with Crippen LogP contribution in [0, 0.1) is 0 Å². The number of aromatic nitrogens is 2. The van der Waals surface area contributed by atoms with E-state index in [1.807, 2.05) is 65.6 Å². The summed E-state index contributed by atoms with van der Waals surface area (Å²) in [4.78, 5) is 25.3. The maximum absolute atomic E-state index is 13.3. The quantitative estimate of drug-likeness (QED) is 0.324. The predicted octanol–water partition coefficient (Wildman–Crippen LogP) is 3.07. The van der Waals surface area contributed by atoms with Crippen LogP contribution in [0.1, 0.15) is 39.0 Å².